The zero-order chi connectivity index (χ0) is 19.9. The largest absolute Gasteiger partial charge is 0.291 e. The topological polar surface area (TPSA) is 34.1 Å². The third-order valence-electron chi connectivity index (χ3n) is 10.2. The summed E-state index contributed by atoms with van der Waals surface area (Å²) in [4.78, 5) is 25.1. The normalized spacial score (nSPS) is 45.0. The van der Waals surface area contributed by atoms with Crippen molar-refractivity contribution < 1.29 is 9.59 Å². The number of carbonyl (C=O) groups is 2. The maximum absolute atomic E-state index is 12.9. The molecule has 0 aliphatic heterocycles. The lowest BCUT2D eigenvalue weighted by molar-refractivity contribution is -0.147. The van der Waals surface area contributed by atoms with Gasteiger partial charge in [0.05, 0.1) is 0 Å². The SMILES string of the molecule is CCCCCCCCC1CCC2C3CCC4CC(=O)C(=O)C4(C)C3CCC12C. The van der Waals surface area contributed by atoms with E-state index in [4.69, 9.17) is 0 Å². The van der Waals surface area contributed by atoms with E-state index in [1.165, 1.54) is 77.0 Å². The fourth-order valence-electron chi connectivity index (χ4n) is 8.47. The molecule has 4 aliphatic rings. The maximum Gasteiger partial charge on any atom is 0.204 e. The standard InChI is InChI=1S/C26H42O2/c1-4-5-6-7-8-9-10-18-12-14-21-20-13-11-19-17-23(27)24(28)26(19,3)22(20)15-16-25(18,21)2/h18-22H,4-17H2,1-3H3. The van der Waals surface area contributed by atoms with E-state index < -0.39 is 0 Å². The highest BCUT2D eigenvalue weighted by molar-refractivity contribution is 6.41. The van der Waals surface area contributed by atoms with Gasteiger partial charge in [-0.2, -0.15) is 0 Å². The summed E-state index contributed by atoms with van der Waals surface area (Å²) in [5, 5.41) is 0. The van der Waals surface area contributed by atoms with Crippen molar-refractivity contribution in [2.24, 2.45) is 40.4 Å². The van der Waals surface area contributed by atoms with Crippen LogP contribution >= 0.6 is 0 Å². The lowest BCUT2D eigenvalue weighted by Crippen LogP contribution is -2.52. The molecule has 4 rings (SSSR count). The van der Waals surface area contributed by atoms with Crippen molar-refractivity contribution in [3.05, 3.63) is 0 Å². The van der Waals surface area contributed by atoms with Crippen molar-refractivity contribution in [3.63, 3.8) is 0 Å². The summed E-state index contributed by atoms with van der Waals surface area (Å²) in [6.45, 7) is 7.06. The third kappa shape index (κ3) is 3.12. The van der Waals surface area contributed by atoms with Crippen molar-refractivity contribution in [2.75, 3.05) is 0 Å². The van der Waals surface area contributed by atoms with Crippen LogP contribution in [0.1, 0.15) is 111 Å². The Morgan fingerprint density at radius 2 is 1.61 bits per heavy atom. The fraction of sp³-hybridized carbons (Fsp3) is 0.923. The first-order chi connectivity index (χ1) is 13.4. The van der Waals surface area contributed by atoms with E-state index in [1.807, 2.05) is 0 Å². The molecule has 0 aromatic heterocycles. The molecule has 4 saturated carbocycles. The minimum absolute atomic E-state index is 0.00238. The van der Waals surface area contributed by atoms with Gasteiger partial charge in [-0.1, -0.05) is 59.3 Å². The number of rotatable bonds is 7. The molecule has 28 heavy (non-hydrogen) atoms. The van der Waals surface area contributed by atoms with E-state index in [0.29, 0.717) is 29.6 Å². The van der Waals surface area contributed by atoms with Crippen molar-refractivity contribution in [3.8, 4) is 0 Å². The van der Waals surface area contributed by atoms with Crippen LogP contribution in [-0.4, -0.2) is 11.6 Å². The van der Waals surface area contributed by atoms with Gasteiger partial charge in [0.2, 0.25) is 5.78 Å². The predicted molar refractivity (Wildman–Crippen MR) is 114 cm³/mol. The average molecular weight is 387 g/mol. The number of unbranched alkanes of at least 4 members (excludes halogenated alkanes) is 5. The van der Waals surface area contributed by atoms with Gasteiger partial charge in [0.15, 0.2) is 5.78 Å². The summed E-state index contributed by atoms with van der Waals surface area (Å²) in [6, 6.07) is 0. The summed E-state index contributed by atoms with van der Waals surface area (Å²) in [6.07, 6.45) is 18.0. The van der Waals surface area contributed by atoms with Crippen LogP contribution in [0.25, 0.3) is 0 Å². The minimum Gasteiger partial charge on any atom is -0.291 e. The van der Waals surface area contributed by atoms with Crippen LogP contribution in [0.15, 0.2) is 0 Å². The van der Waals surface area contributed by atoms with Gasteiger partial charge in [0.25, 0.3) is 0 Å². The Morgan fingerprint density at radius 3 is 2.39 bits per heavy atom. The van der Waals surface area contributed by atoms with Crippen LogP contribution in [0.2, 0.25) is 0 Å². The molecule has 0 aromatic carbocycles. The second kappa shape index (κ2) is 7.88. The number of hydrogen-bond donors (Lipinski definition) is 0. The summed E-state index contributed by atoms with van der Waals surface area (Å²) in [5.74, 6) is 3.17. The van der Waals surface area contributed by atoms with Gasteiger partial charge in [-0.05, 0) is 80.0 Å². The van der Waals surface area contributed by atoms with Crippen LogP contribution in [0.3, 0.4) is 0 Å². The number of fused-ring (bicyclic) bond motifs is 5. The Balaban J connectivity index is 1.41. The summed E-state index contributed by atoms with van der Waals surface area (Å²) >= 11 is 0. The Morgan fingerprint density at radius 1 is 0.857 bits per heavy atom. The number of hydrogen-bond acceptors (Lipinski definition) is 2. The molecule has 0 heterocycles. The molecular formula is C26H42O2. The Bertz CT molecular complexity index is 610. The van der Waals surface area contributed by atoms with Gasteiger partial charge in [-0.25, -0.2) is 0 Å². The zero-order valence-electron chi connectivity index (χ0n) is 18.6. The molecule has 158 valence electrons. The van der Waals surface area contributed by atoms with Crippen LogP contribution in [0, 0.1) is 40.4 Å². The number of carbonyl (C=O) groups excluding carboxylic acids is 2. The van der Waals surface area contributed by atoms with E-state index in [0.717, 1.165) is 18.3 Å². The van der Waals surface area contributed by atoms with E-state index >= 15 is 0 Å². The maximum atomic E-state index is 12.9. The molecule has 0 saturated heterocycles. The number of ketones is 2. The molecule has 0 amide bonds. The van der Waals surface area contributed by atoms with Gasteiger partial charge in [-0.15, -0.1) is 0 Å². The lowest BCUT2D eigenvalue weighted by Gasteiger charge is -2.56. The summed E-state index contributed by atoms with van der Waals surface area (Å²) in [5.41, 5.74) is 0.179. The first-order valence-electron chi connectivity index (χ1n) is 12.5. The zero-order valence-corrected chi connectivity index (χ0v) is 18.6. The fourth-order valence-corrected chi connectivity index (χ4v) is 8.47. The second-order valence-electron chi connectivity index (χ2n) is 11.3. The van der Waals surface area contributed by atoms with Gasteiger partial charge in [0, 0.05) is 11.8 Å². The highest BCUT2D eigenvalue weighted by Gasteiger charge is 2.64. The third-order valence-corrected chi connectivity index (χ3v) is 10.2. The van der Waals surface area contributed by atoms with Crippen molar-refractivity contribution in [1.29, 1.82) is 0 Å². The lowest BCUT2D eigenvalue weighted by atomic mass is 9.47. The molecule has 4 aliphatic carbocycles. The summed E-state index contributed by atoms with van der Waals surface area (Å²) < 4.78 is 0. The van der Waals surface area contributed by atoms with E-state index in [1.54, 1.807) is 0 Å². The van der Waals surface area contributed by atoms with E-state index in [9.17, 15) is 9.59 Å². The molecule has 7 atom stereocenters. The predicted octanol–water partition coefficient (Wildman–Crippen LogP) is 6.75. The van der Waals surface area contributed by atoms with Gasteiger partial charge in [0.1, 0.15) is 0 Å². The first-order valence-corrected chi connectivity index (χ1v) is 12.5. The van der Waals surface area contributed by atoms with E-state index in [2.05, 4.69) is 20.8 Å². The van der Waals surface area contributed by atoms with Gasteiger partial charge >= 0.3 is 0 Å². The molecule has 4 fully saturated rings. The van der Waals surface area contributed by atoms with Crippen molar-refractivity contribution in [1.82, 2.24) is 0 Å². The minimum atomic E-state index is -0.321. The Kier molecular flexibility index (Phi) is 5.80. The smallest absolute Gasteiger partial charge is 0.204 e. The first kappa shape index (κ1) is 20.6. The highest BCUT2D eigenvalue weighted by Crippen LogP contribution is 2.67. The van der Waals surface area contributed by atoms with Gasteiger partial charge < -0.3 is 0 Å². The second-order valence-corrected chi connectivity index (χ2v) is 11.3. The highest BCUT2D eigenvalue weighted by atomic mass is 16.2. The molecule has 0 spiro atoms. The molecule has 0 aromatic rings. The van der Waals surface area contributed by atoms with Crippen molar-refractivity contribution >= 4 is 11.6 Å². The molecule has 0 bridgehead atoms. The average Bonchev–Trinajstić information content (AvgIpc) is 3.13. The Labute approximate surface area is 172 Å². The van der Waals surface area contributed by atoms with Crippen LogP contribution in [0.4, 0.5) is 0 Å². The van der Waals surface area contributed by atoms with E-state index in [-0.39, 0.29) is 17.0 Å². The molecule has 0 N–H and O–H groups in total. The van der Waals surface area contributed by atoms with Gasteiger partial charge in [-0.3, -0.25) is 9.59 Å². The summed E-state index contributed by atoms with van der Waals surface area (Å²) in [7, 11) is 0. The quantitative estimate of drug-likeness (QED) is 0.358. The Hall–Kier alpha value is -0.660. The molecule has 2 heteroatoms. The molecular weight excluding hydrogens is 344 g/mol. The monoisotopic (exact) mass is 386 g/mol. The molecule has 0 radical (unpaired) electrons. The van der Waals surface area contributed by atoms with Crippen LogP contribution in [0.5, 0.6) is 0 Å². The van der Waals surface area contributed by atoms with Crippen LogP contribution < -0.4 is 0 Å². The van der Waals surface area contributed by atoms with Crippen molar-refractivity contribution in [2.45, 2.75) is 111 Å². The molecule has 7 unspecified atom stereocenters. The molecule has 2 nitrogen and oxygen atoms in total. The number of Topliss-reactive ketones (excluding diaryl/α,β-unsaturated/α-hetero) is 2. The van der Waals surface area contributed by atoms with Crippen LogP contribution in [-0.2, 0) is 9.59 Å².